The summed E-state index contributed by atoms with van der Waals surface area (Å²) in [4.78, 5) is 16.5. The lowest BCUT2D eigenvalue weighted by molar-refractivity contribution is -0.137. The third-order valence-corrected chi connectivity index (χ3v) is 5.80. The molecule has 2 aromatic rings. The Morgan fingerprint density at radius 2 is 1.90 bits per heavy atom. The van der Waals surface area contributed by atoms with E-state index in [0.717, 1.165) is 6.20 Å². The smallest absolute Gasteiger partial charge is 0.387 e. The Bertz CT molecular complexity index is 931. The van der Waals surface area contributed by atoms with E-state index in [1.807, 2.05) is 0 Å². The van der Waals surface area contributed by atoms with E-state index in [-0.39, 0.29) is 25.7 Å². The highest BCUT2D eigenvalue weighted by atomic mass is 35.5. The van der Waals surface area contributed by atoms with Crippen LogP contribution in [0.2, 0.25) is 10.0 Å². The zero-order valence-corrected chi connectivity index (χ0v) is 17.0. The van der Waals surface area contributed by atoms with Crippen LogP contribution >= 0.6 is 23.2 Å². The molecule has 1 fully saturated rings. The first kappa shape index (κ1) is 22.8. The van der Waals surface area contributed by atoms with E-state index in [9.17, 15) is 27.5 Å². The summed E-state index contributed by atoms with van der Waals surface area (Å²) in [6.45, 7) is 0. The van der Waals surface area contributed by atoms with Gasteiger partial charge in [0.25, 0.3) is 5.91 Å². The van der Waals surface area contributed by atoms with Gasteiger partial charge in [-0.2, -0.15) is 13.2 Å². The van der Waals surface area contributed by atoms with Crippen molar-refractivity contribution in [1.29, 1.82) is 0 Å². The minimum Gasteiger partial charge on any atom is -0.387 e. The second-order valence-corrected chi connectivity index (χ2v) is 8.07. The highest BCUT2D eigenvalue weighted by molar-refractivity contribution is 6.34. The summed E-state index contributed by atoms with van der Waals surface area (Å²) < 4.78 is 53.0. The Balaban J connectivity index is 1.97. The molecule has 0 radical (unpaired) electrons. The van der Waals surface area contributed by atoms with E-state index >= 15 is 0 Å². The average Bonchev–Trinajstić information content (AvgIpc) is 2.67. The fourth-order valence-corrected chi connectivity index (χ4v) is 4.11. The van der Waals surface area contributed by atoms with Crippen LogP contribution in [0.3, 0.4) is 0 Å². The zero-order valence-electron chi connectivity index (χ0n) is 15.5. The molecule has 0 unspecified atom stereocenters. The van der Waals surface area contributed by atoms with Gasteiger partial charge in [0.2, 0.25) is 0 Å². The third kappa shape index (κ3) is 4.87. The van der Waals surface area contributed by atoms with Gasteiger partial charge in [-0.1, -0.05) is 35.3 Å². The normalized spacial score (nSPS) is 23.1. The fourth-order valence-electron chi connectivity index (χ4n) is 3.61. The lowest BCUT2D eigenvalue weighted by Crippen LogP contribution is -2.48. The molecule has 3 rings (SSSR count). The predicted octanol–water partition coefficient (Wildman–Crippen LogP) is 5.52. The van der Waals surface area contributed by atoms with E-state index in [4.69, 9.17) is 23.2 Å². The Morgan fingerprint density at radius 3 is 2.50 bits per heavy atom. The van der Waals surface area contributed by atoms with Crippen molar-refractivity contribution in [2.45, 2.75) is 49.7 Å². The van der Waals surface area contributed by atoms with Gasteiger partial charge >= 0.3 is 6.18 Å². The molecule has 1 aromatic carbocycles. The number of alkyl halides is 4. The lowest BCUT2D eigenvalue weighted by atomic mass is 9.76. The SMILES string of the molecule is O=C(N[C@@H](c1cccc(Cl)c1)[C@]1(O)CC[C@@H](F)CC1)c1nccc(C(F)(F)F)c1Cl. The van der Waals surface area contributed by atoms with Crippen molar-refractivity contribution in [2.24, 2.45) is 0 Å². The molecule has 1 aliphatic rings. The summed E-state index contributed by atoms with van der Waals surface area (Å²) in [5.74, 6) is -0.994. The number of pyridine rings is 1. The molecule has 1 atom stereocenters. The van der Waals surface area contributed by atoms with E-state index in [2.05, 4.69) is 10.3 Å². The van der Waals surface area contributed by atoms with Crippen LogP contribution < -0.4 is 5.32 Å². The number of amides is 1. The fraction of sp³-hybridized carbons (Fsp3) is 0.400. The molecular weight excluding hydrogens is 447 g/mol. The predicted molar refractivity (Wildman–Crippen MR) is 104 cm³/mol. The molecule has 1 amide bonds. The molecule has 1 aliphatic carbocycles. The molecule has 0 spiro atoms. The summed E-state index contributed by atoms with van der Waals surface area (Å²) in [7, 11) is 0. The molecule has 4 nitrogen and oxygen atoms in total. The summed E-state index contributed by atoms with van der Waals surface area (Å²) in [5, 5.41) is 13.2. The molecule has 1 heterocycles. The minimum atomic E-state index is -4.76. The molecular formula is C20H18Cl2F4N2O2. The lowest BCUT2D eigenvalue weighted by Gasteiger charge is -2.40. The Labute approximate surface area is 180 Å². The summed E-state index contributed by atoms with van der Waals surface area (Å²) in [6.07, 6.45) is -4.72. The molecule has 1 aromatic heterocycles. The Hall–Kier alpha value is -1.90. The van der Waals surface area contributed by atoms with Crippen molar-refractivity contribution >= 4 is 29.1 Å². The first-order valence-corrected chi connectivity index (χ1v) is 9.91. The average molecular weight is 465 g/mol. The zero-order chi connectivity index (χ0) is 22.1. The van der Waals surface area contributed by atoms with Gasteiger partial charge in [0, 0.05) is 11.2 Å². The topological polar surface area (TPSA) is 62.2 Å². The monoisotopic (exact) mass is 464 g/mol. The van der Waals surface area contributed by atoms with E-state index < -0.39 is 46.2 Å². The maximum atomic E-state index is 13.6. The van der Waals surface area contributed by atoms with Crippen LogP contribution in [0.15, 0.2) is 36.5 Å². The second kappa shape index (κ2) is 8.69. The molecule has 162 valence electrons. The van der Waals surface area contributed by atoms with Crippen LogP contribution in [0.1, 0.15) is 53.3 Å². The second-order valence-electron chi connectivity index (χ2n) is 7.26. The van der Waals surface area contributed by atoms with Gasteiger partial charge in [-0.25, -0.2) is 9.37 Å². The van der Waals surface area contributed by atoms with Crippen molar-refractivity contribution in [2.75, 3.05) is 0 Å². The van der Waals surface area contributed by atoms with E-state index in [1.165, 1.54) is 6.07 Å². The highest BCUT2D eigenvalue weighted by Gasteiger charge is 2.43. The molecule has 2 N–H and O–H groups in total. The van der Waals surface area contributed by atoms with Crippen LogP contribution in [-0.4, -0.2) is 27.8 Å². The number of nitrogens with one attached hydrogen (secondary N) is 1. The number of aromatic nitrogens is 1. The number of aliphatic hydroxyl groups is 1. The number of rotatable bonds is 4. The van der Waals surface area contributed by atoms with Crippen LogP contribution in [-0.2, 0) is 6.18 Å². The van der Waals surface area contributed by atoms with Crippen molar-refractivity contribution in [3.8, 4) is 0 Å². The quantitative estimate of drug-likeness (QED) is 0.585. The Morgan fingerprint density at radius 1 is 1.23 bits per heavy atom. The van der Waals surface area contributed by atoms with Gasteiger partial charge in [0.15, 0.2) is 0 Å². The van der Waals surface area contributed by atoms with E-state index in [1.54, 1.807) is 18.2 Å². The van der Waals surface area contributed by atoms with Gasteiger partial charge in [0.05, 0.1) is 22.2 Å². The van der Waals surface area contributed by atoms with Gasteiger partial charge < -0.3 is 10.4 Å². The molecule has 0 bridgehead atoms. The minimum absolute atomic E-state index is 0.0510. The Kier molecular flexibility index (Phi) is 6.60. The first-order chi connectivity index (χ1) is 14.0. The number of carbonyl (C=O) groups is 1. The van der Waals surface area contributed by atoms with Crippen molar-refractivity contribution < 1.29 is 27.5 Å². The number of carbonyl (C=O) groups excluding carboxylic acids is 1. The van der Waals surface area contributed by atoms with Crippen LogP contribution in [0.4, 0.5) is 17.6 Å². The van der Waals surface area contributed by atoms with Gasteiger partial charge in [-0.3, -0.25) is 4.79 Å². The van der Waals surface area contributed by atoms with Crippen molar-refractivity contribution in [1.82, 2.24) is 10.3 Å². The number of hydrogen-bond acceptors (Lipinski definition) is 3. The maximum Gasteiger partial charge on any atom is 0.417 e. The van der Waals surface area contributed by atoms with Crippen molar-refractivity contribution in [3.63, 3.8) is 0 Å². The van der Waals surface area contributed by atoms with Gasteiger partial charge in [-0.15, -0.1) is 0 Å². The van der Waals surface area contributed by atoms with Crippen LogP contribution in [0.25, 0.3) is 0 Å². The van der Waals surface area contributed by atoms with Gasteiger partial charge in [0.1, 0.15) is 11.9 Å². The maximum absolute atomic E-state index is 13.6. The van der Waals surface area contributed by atoms with Crippen LogP contribution in [0, 0.1) is 0 Å². The number of benzene rings is 1. The van der Waals surface area contributed by atoms with E-state index in [0.29, 0.717) is 16.7 Å². The van der Waals surface area contributed by atoms with Crippen LogP contribution in [0.5, 0.6) is 0 Å². The molecule has 0 aliphatic heterocycles. The van der Waals surface area contributed by atoms with Gasteiger partial charge in [-0.05, 0) is 49.4 Å². The molecule has 30 heavy (non-hydrogen) atoms. The van der Waals surface area contributed by atoms with Crippen molar-refractivity contribution in [3.05, 3.63) is 63.4 Å². The summed E-state index contributed by atoms with van der Waals surface area (Å²) in [5.41, 5.74) is -2.91. The largest absolute Gasteiger partial charge is 0.417 e. The summed E-state index contributed by atoms with van der Waals surface area (Å²) >= 11 is 11.8. The molecule has 1 saturated carbocycles. The number of halogens is 6. The molecule has 0 saturated heterocycles. The third-order valence-electron chi connectivity index (χ3n) is 5.19. The first-order valence-electron chi connectivity index (χ1n) is 9.16. The summed E-state index contributed by atoms with van der Waals surface area (Å²) in [6, 6.07) is 5.95. The standard InChI is InChI=1S/C20H18Cl2F4N2O2/c21-12-3-1-2-11(10-12)17(19(30)7-4-13(23)5-8-19)28-18(29)16-15(22)14(6-9-27-16)20(24,25)26/h1-3,6,9-10,13,17,30H,4-5,7-8H2,(H,28,29)/t13-,17-,19+/m0/s1. The number of hydrogen-bond donors (Lipinski definition) is 2. The molecule has 10 heteroatoms. The highest BCUT2D eigenvalue weighted by Crippen LogP contribution is 2.41. The number of nitrogens with zero attached hydrogens (tertiary/aromatic N) is 1.